The number of ether oxygens (including phenoxy) is 1. The van der Waals surface area contributed by atoms with Crippen molar-refractivity contribution in [2.45, 2.75) is 66.5 Å². The molecule has 0 bridgehead atoms. The molecule has 0 aliphatic heterocycles. The predicted octanol–water partition coefficient (Wildman–Crippen LogP) is 2.45. The first-order valence-electron chi connectivity index (χ1n) is 6.68. The van der Waals surface area contributed by atoms with Crippen molar-refractivity contribution in [3.63, 3.8) is 0 Å². The van der Waals surface area contributed by atoms with Gasteiger partial charge in [-0.1, -0.05) is 20.8 Å². The van der Waals surface area contributed by atoms with Gasteiger partial charge in [0, 0.05) is 6.54 Å². The zero-order chi connectivity index (χ0) is 15.3. The minimum Gasteiger partial charge on any atom is -0.444 e. The maximum absolute atomic E-state index is 11.7. The van der Waals surface area contributed by atoms with Gasteiger partial charge in [-0.25, -0.2) is 4.79 Å². The van der Waals surface area contributed by atoms with Crippen LogP contribution in [-0.2, 0) is 9.53 Å². The Hall–Kier alpha value is -1.26. The van der Waals surface area contributed by atoms with Gasteiger partial charge in [0.05, 0.1) is 0 Å². The zero-order valence-corrected chi connectivity index (χ0v) is 13.2. The van der Waals surface area contributed by atoms with Crippen LogP contribution in [0.1, 0.15) is 54.9 Å². The highest BCUT2D eigenvalue weighted by Gasteiger charge is 2.21. The fraction of sp³-hybridized carbons (Fsp3) is 0.857. The Morgan fingerprint density at radius 2 is 1.63 bits per heavy atom. The summed E-state index contributed by atoms with van der Waals surface area (Å²) < 4.78 is 5.09. The Labute approximate surface area is 116 Å². The highest BCUT2D eigenvalue weighted by Crippen LogP contribution is 2.16. The lowest BCUT2D eigenvalue weighted by Crippen LogP contribution is -2.46. The van der Waals surface area contributed by atoms with Gasteiger partial charge < -0.3 is 15.4 Å². The normalized spacial score (nSPS) is 13.6. The molecule has 0 aliphatic carbocycles. The van der Waals surface area contributed by atoms with Crippen LogP contribution in [0.15, 0.2) is 0 Å². The van der Waals surface area contributed by atoms with Gasteiger partial charge in [0.15, 0.2) is 0 Å². The molecule has 112 valence electrons. The third-order valence-corrected chi connectivity index (χ3v) is 2.30. The van der Waals surface area contributed by atoms with Crippen molar-refractivity contribution in [1.29, 1.82) is 0 Å². The van der Waals surface area contributed by atoms with Crippen LogP contribution in [0.2, 0.25) is 0 Å². The SMILES string of the molecule is C[C@H](NC(=O)OC(C)(C)C)C(=O)NCCC(C)(C)C. The van der Waals surface area contributed by atoms with E-state index in [1.165, 1.54) is 0 Å². The predicted molar refractivity (Wildman–Crippen MR) is 75.9 cm³/mol. The van der Waals surface area contributed by atoms with Gasteiger partial charge in [0.25, 0.3) is 0 Å². The van der Waals surface area contributed by atoms with Crippen LogP contribution in [0.3, 0.4) is 0 Å². The zero-order valence-electron chi connectivity index (χ0n) is 13.2. The molecule has 0 aliphatic rings. The number of rotatable bonds is 4. The summed E-state index contributed by atoms with van der Waals surface area (Å²) in [7, 11) is 0. The van der Waals surface area contributed by atoms with E-state index in [1.54, 1.807) is 27.7 Å². The minimum atomic E-state index is -0.602. The Bertz CT molecular complexity index is 314. The van der Waals surface area contributed by atoms with E-state index in [0.29, 0.717) is 6.54 Å². The third-order valence-electron chi connectivity index (χ3n) is 2.30. The number of hydrogen-bond donors (Lipinski definition) is 2. The van der Waals surface area contributed by atoms with Gasteiger partial charge in [0.2, 0.25) is 5.91 Å². The number of alkyl carbamates (subject to hydrolysis) is 1. The van der Waals surface area contributed by atoms with E-state index < -0.39 is 17.7 Å². The summed E-state index contributed by atoms with van der Waals surface area (Å²) in [5, 5.41) is 5.31. The third kappa shape index (κ3) is 10.4. The van der Waals surface area contributed by atoms with Gasteiger partial charge in [-0.3, -0.25) is 4.79 Å². The first-order chi connectivity index (χ1) is 8.41. The molecule has 0 rings (SSSR count). The van der Waals surface area contributed by atoms with Crippen LogP contribution < -0.4 is 10.6 Å². The lowest BCUT2D eigenvalue weighted by Gasteiger charge is -2.22. The fourth-order valence-corrected chi connectivity index (χ4v) is 1.26. The van der Waals surface area contributed by atoms with Gasteiger partial charge >= 0.3 is 6.09 Å². The molecule has 0 fully saturated rings. The smallest absolute Gasteiger partial charge is 0.408 e. The van der Waals surface area contributed by atoms with E-state index in [0.717, 1.165) is 6.42 Å². The average Bonchev–Trinajstić information content (AvgIpc) is 2.11. The molecule has 19 heavy (non-hydrogen) atoms. The topological polar surface area (TPSA) is 67.4 Å². The fourth-order valence-electron chi connectivity index (χ4n) is 1.26. The molecule has 0 saturated carbocycles. The number of hydrogen-bond acceptors (Lipinski definition) is 3. The second kappa shape index (κ2) is 6.78. The van der Waals surface area contributed by atoms with E-state index in [9.17, 15) is 9.59 Å². The van der Waals surface area contributed by atoms with Crippen LogP contribution in [0, 0.1) is 5.41 Å². The average molecular weight is 272 g/mol. The van der Waals surface area contributed by atoms with E-state index >= 15 is 0 Å². The Morgan fingerprint density at radius 1 is 1.11 bits per heavy atom. The summed E-state index contributed by atoms with van der Waals surface area (Å²) in [6.45, 7) is 13.9. The molecule has 5 nitrogen and oxygen atoms in total. The van der Waals surface area contributed by atoms with Crippen molar-refractivity contribution in [1.82, 2.24) is 10.6 Å². The largest absolute Gasteiger partial charge is 0.444 e. The highest BCUT2D eigenvalue weighted by molar-refractivity contribution is 5.85. The molecule has 0 aromatic heterocycles. The van der Waals surface area contributed by atoms with Crippen LogP contribution in [0.25, 0.3) is 0 Å². The molecule has 2 amide bonds. The number of carbonyl (C=O) groups excluding carboxylic acids is 2. The second-order valence-electron chi connectivity index (χ2n) is 6.97. The molecule has 0 aromatic rings. The molecule has 0 spiro atoms. The quantitative estimate of drug-likeness (QED) is 0.826. The van der Waals surface area contributed by atoms with Gasteiger partial charge in [-0.05, 0) is 39.5 Å². The Morgan fingerprint density at radius 3 is 2.05 bits per heavy atom. The van der Waals surface area contributed by atoms with Crippen LogP contribution in [0.5, 0.6) is 0 Å². The van der Waals surface area contributed by atoms with Crippen molar-refractivity contribution in [3.05, 3.63) is 0 Å². The molecule has 1 atom stereocenters. The molecule has 0 aromatic carbocycles. The van der Waals surface area contributed by atoms with Crippen molar-refractivity contribution < 1.29 is 14.3 Å². The Kier molecular flexibility index (Phi) is 6.33. The minimum absolute atomic E-state index is 0.176. The van der Waals surface area contributed by atoms with Crippen molar-refractivity contribution in [3.8, 4) is 0 Å². The second-order valence-corrected chi connectivity index (χ2v) is 6.97. The van der Waals surface area contributed by atoms with Crippen LogP contribution in [0.4, 0.5) is 4.79 Å². The monoisotopic (exact) mass is 272 g/mol. The summed E-state index contributed by atoms with van der Waals surface area (Å²) in [5.74, 6) is -0.199. The van der Waals surface area contributed by atoms with Crippen LogP contribution >= 0.6 is 0 Å². The molecule has 0 unspecified atom stereocenters. The summed E-state index contributed by atoms with van der Waals surface area (Å²) in [6.07, 6.45) is 0.309. The summed E-state index contributed by atoms with van der Waals surface area (Å²) in [6, 6.07) is -0.602. The molecule has 0 heterocycles. The number of amides is 2. The standard InChI is InChI=1S/C14H28N2O3/c1-10(16-12(18)19-14(5,6)7)11(17)15-9-8-13(2,3)4/h10H,8-9H2,1-7H3,(H,15,17)(H,16,18)/t10-/m0/s1. The van der Waals surface area contributed by atoms with Crippen molar-refractivity contribution >= 4 is 12.0 Å². The maximum Gasteiger partial charge on any atom is 0.408 e. The molecule has 0 saturated heterocycles. The van der Waals surface area contributed by atoms with Gasteiger partial charge in [-0.2, -0.15) is 0 Å². The first kappa shape index (κ1) is 17.7. The molecule has 0 radical (unpaired) electrons. The molecule has 2 N–H and O–H groups in total. The first-order valence-corrected chi connectivity index (χ1v) is 6.68. The summed E-state index contributed by atoms with van der Waals surface area (Å²) in [5.41, 5.74) is -0.387. The lowest BCUT2D eigenvalue weighted by atomic mass is 9.92. The number of carbonyl (C=O) groups is 2. The van der Waals surface area contributed by atoms with E-state index in [-0.39, 0.29) is 11.3 Å². The van der Waals surface area contributed by atoms with Gasteiger partial charge in [0.1, 0.15) is 11.6 Å². The van der Waals surface area contributed by atoms with Crippen molar-refractivity contribution in [2.75, 3.05) is 6.54 Å². The lowest BCUT2D eigenvalue weighted by molar-refractivity contribution is -0.122. The maximum atomic E-state index is 11.7. The van der Waals surface area contributed by atoms with Crippen LogP contribution in [-0.4, -0.2) is 30.2 Å². The van der Waals surface area contributed by atoms with Crippen molar-refractivity contribution in [2.24, 2.45) is 5.41 Å². The molecular weight excluding hydrogens is 244 g/mol. The highest BCUT2D eigenvalue weighted by atomic mass is 16.6. The molecule has 5 heteroatoms. The Balaban J connectivity index is 4.04. The number of nitrogens with one attached hydrogen (secondary N) is 2. The van der Waals surface area contributed by atoms with E-state index in [2.05, 4.69) is 31.4 Å². The van der Waals surface area contributed by atoms with E-state index in [1.807, 2.05) is 0 Å². The molecular formula is C14H28N2O3. The van der Waals surface area contributed by atoms with E-state index in [4.69, 9.17) is 4.74 Å². The summed E-state index contributed by atoms with van der Waals surface area (Å²) in [4.78, 5) is 23.2. The summed E-state index contributed by atoms with van der Waals surface area (Å²) >= 11 is 0. The van der Waals surface area contributed by atoms with Gasteiger partial charge in [-0.15, -0.1) is 0 Å².